The number of carbonyl (C=O) groups excluding carboxylic acids is 1. The van der Waals surface area contributed by atoms with Gasteiger partial charge in [0.15, 0.2) is 0 Å². The number of anilines is 1. The summed E-state index contributed by atoms with van der Waals surface area (Å²) < 4.78 is 4.97. The van der Waals surface area contributed by atoms with Crippen LogP contribution in [0.5, 0.6) is 0 Å². The molecule has 0 fully saturated rings. The number of methoxy groups -OCH3 is 1. The van der Waals surface area contributed by atoms with Crippen molar-refractivity contribution in [2.75, 3.05) is 32.1 Å². The highest BCUT2D eigenvalue weighted by Crippen LogP contribution is 2.17. The van der Waals surface area contributed by atoms with Gasteiger partial charge in [-0.1, -0.05) is 20.8 Å². The molecule has 0 saturated heterocycles. The van der Waals surface area contributed by atoms with Gasteiger partial charge in [-0.15, -0.1) is 0 Å². The van der Waals surface area contributed by atoms with Crippen molar-refractivity contribution in [2.45, 2.75) is 39.5 Å². The van der Waals surface area contributed by atoms with Crippen molar-refractivity contribution in [2.24, 2.45) is 0 Å². The Hall–Kier alpha value is -1.62. The van der Waals surface area contributed by atoms with Gasteiger partial charge in [0.05, 0.1) is 0 Å². The first kappa shape index (κ1) is 17.4. The molecular formula is C16H27N3O2. The average molecular weight is 293 g/mol. The van der Waals surface area contributed by atoms with E-state index in [1.165, 1.54) is 0 Å². The van der Waals surface area contributed by atoms with Gasteiger partial charge in [-0.2, -0.15) is 0 Å². The zero-order valence-electron chi connectivity index (χ0n) is 13.5. The summed E-state index contributed by atoms with van der Waals surface area (Å²) in [5, 5.41) is 6.16. The molecule has 0 spiro atoms. The number of carbonyl (C=O) groups is 1. The summed E-state index contributed by atoms with van der Waals surface area (Å²) in [6.45, 7) is 8.37. The van der Waals surface area contributed by atoms with E-state index in [0.29, 0.717) is 18.7 Å². The highest BCUT2D eigenvalue weighted by atomic mass is 16.5. The molecule has 5 nitrogen and oxygen atoms in total. The van der Waals surface area contributed by atoms with Gasteiger partial charge in [-0.05, 0) is 30.9 Å². The summed E-state index contributed by atoms with van der Waals surface area (Å²) in [7, 11) is 1.66. The van der Waals surface area contributed by atoms with Crippen LogP contribution in [0.3, 0.4) is 0 Å². The van der Waals surface area contributed by atoms with Crippen molar-refractivity contribution in [1.29, 1.82) is 0 Å². The molecule has 1 aromatic heterocycles. The van der Waals surface area contributed by atoms with E-state index in [4.69, 9.17) is 4.74 Å². The van der Waals surface area contributed by atoms with E-state index in [0.717, 1.165) is 30.9 Å². The number of amides is 1. The quantitative estimate of drug-likeness (QED) is 0.687. The highest BCUT2D eigenvalue weighted by molar-refractivity contribution is 5.95. The molecule has 21 heavy (non-hydrogen) atoms. The van der Waals surface area contributed by atoms with Crippen LogP contribution in [0.15, 0.2) is 12.1 Å². The van der Waals surface area contributed by atoms with Crippen LogP contribution in [0.25, 0.3) is 0 Å². The highest BCUT2D eigenvalue weighted by Gasteiger charge is 2.11. The SMILES string of the molecule is CCCNc1cc(C(=O)NCCCOC)cc(C(C)C)n1. The van der Waals surface area contributed by atoms with E-state index in [1.54, 1.807) is 7.11 Å². The minimum Gasteiger partial charge on any atom is -0.385 e. The van der Waals surface area contributed by atoms with E-state index in [9.17, 15) is 4.79 Å². The van der Waals surface area contributed by atoms with Gasteiger partial charge in [0.25, 0.3) is 5.91 Å². The Bertz CT molecular complexity index is 447. The van der Waals surface area contributed by atoms with E-state index in [2.05, 4.69) is 36.4 Å². The molecule has 118 valence electrons. The predicted octanol–water partition coefficient (Wildman–Crippen LogP) is 2.79. The molecule has 5 heteroatoms. The average Bonchev–Trinajstić information content (AvgIpc) is 2.49. The maximum atomic E-state index is 12.2. The Morgan fingerprint density at radius 1 is 1.33 bits per heavy atom. The molecule has 0 unspecified atom stereocenters. The van der Waals surface area contributed by atoms with Crippen LogP contribution in [0.2, 0.25) is 0 Å². The van der Waals surface area contributed by atoms with Gasteiger partial charge in [0.2, 0.25) is 0 Å². The second-order valence-corrected chi connectivity index (χ2v) is 5.35. The summed E-state index contributed by atoms with van der Waals surface area (Å²) in [6, 6.07) is 3.68. The van der Waals surface area contributed by atoms with E-state index in [1.807, 2.05) is 12.1 Å². The lowest BCUT2D eigenvalue weighted by molar-refractivity contribution is 0.0948. The number of aromatic nitrogens is 1. The van der Waals surface area contributed by atoms with Crippen LogP contribution in [0.1, 0.15) is 55.6 Å². The van der Waals surface area contributed by atoms with Crippen molar-refractivity contribution >= 4 is 11.7 Å². The van der Waals surface area contributed by atoms with Gasteiger partial charge < -0.3 is 15.4 Å². The molecule has 0 aliphatic carbocycles. The second-order valence-electron chi connectivity index (χ2n) is 5.35. The first-order valence-corrected chi connectivity index (χ1v) is 7.61. The van der Waals surface area contributed by atoms with Gasteiger partial charge in [0.1, 0.15) is 5.82 Å². The number of hydrogen-bond acceptors (Lipinski definition) is 4. The summed E-state index contributed by atoms with van der Waals surface area (Å²) in [6.07, 6.45) is 1.83. The van der Waals surface area contributed by atoms with Crippen LogP contribution in [0, 0.1) is 0 Å². The minimum atomic E-state index is -0.0602. The van der Waals surface area contributed by atoms with E-state index < -0.39 is 0 Å². The Kier molecular flexibility index (Phi) is 7.75. The Morgan fingerprint density at radius 3 is 2.71 bits per heavy atom. The lowest BCUT2D eigenvalue weighted by atomic mass is 10.1. The summed E-state index contributed by atoms with van der Waals surface area (Å²) in [5.41, 5.74) is 1.59. The van der Waals surface area contributed by atoms with E-state index in [-0.39, 0.29) is 11.8 Å². The number of ether oxygens (including phenoxy) is 1. The van der Waals surface area contributed by atoms with Gasteiger partial charge in [-0.25, -0.2) is 4.98 Å². The third-order valence-electron chi connectivity index (χ3n) is 3.07. The van der Waals surface area contributed by atoms with Crippen LogP contribution in [0.4, 0.5) is 5.82 Å². The lowest BCUT2D eigenvalue weighted by Gasteiger charge is -2.12. The predicted molar refractivity (Wildman–Crippen MR) is 85.9 cm³/mol. The minimum absolute atomic E-state index is 0.0602. The molecule has 1 rings (SSSR count). The van der Waals surface area contributed by atoms with Crippen molar-refractivity contribution < 1.29 is 9.53 Å². The van der Waals surface area contributed by atoms with Crippen molar-refractivity contribution in [3.8, 4) is 0 Å². The maximum absolute atomic E-state index is 12.2. The van der Waals surface area contributed by atoms with Crippen molar-refractivity contribution in [3.63, 3.8) is 0 Å². The van der Waals surface area contributed by atoms with Crippen molar-refractivity contribution in [1.82, 2.24) is 10.3 Å². The fourth-order valence-corrected chi connectivity index (χ4v) is 1.84. The normalized spacial score (nSPS) is 10.7. The van der Waals surface area contributed by atoms with Gasteiger partial charge in [0, 0.05) is 38.1 Å². The number of nitrogens with zero attached hydrogens (tertiary/aromatic N) is 1. The molecule has 0 radical (unpaired) electrons. The van der Waals surface area contributed by atoms with Gasteiger partial charge >= 0.3 is 0 Å². The molecule has 0 aliphatic heterocycles. The monoisotopic (exact) mass is 293 g/mol. The summed E-state index contributed by atoms with van der Waals surface area (Å²) in [4.78, 5) is 16.8. The van der Waals surface area contributed by atoms with Gasteiger partial charge in [-0.3, -0.25) is 4.79 Å². The standard InChI is InChI=1S/C16H27N3O2/c1-5-7-17-15-11-13(10-14(19-15)12(2)3)16(20)18-8-6-9-21-4/h10-12H,5-9H2,1-4H3,(H,17,19)(H,18,20). The number of pyridine rings is 1. The molecule has 0 aromatic carbocycles. The molecule has 1 aromatic rings. The third kappa shape index (κ3) is 6.12. The number of nitrogens with one attached hydrogen (secondary N) is 2. The number of hydrogen-bond donors (Lipinski definition) is 2. The van der Waals surface area contributed by atoms with Crippen LogP contribution >= 0.6 is 0 Å². The molecule has 1 heterocycles. The second kappa shape index (κ2) is 9.34. The van der Waals surface area contributed by atoms with Crippen LogP contribution in [-0.2, 0) is 4.74 Å². The summed E-state index contributed by atoms with van der Waals surface area (Å²) in [5.74, 6) is 0.994. The molecule has 0 saturated carbocycles. The molecular weight excluding hydrogens is 266 g/mol. The third-order valence-corrected chi connectivity index (χ3v) is 3.07. The molecule has 1 amide bonds. The van der Waals surface area contributed by atoms with Crippen LogP contribution in [-0.4, -0.2) is 37.7 Å². The molecule has 2 N–H and O–H groups in total. The fraction of sp³-hybridized carbons (Fsp3) is 0.625. The molecule has 0 aliphatic rings. The number of rotatable bonds is 9. The van der Waals surface area contributed by atoms with Crippen molar-refractivity contribution in [3.05, 3.63) is 23.4 Å². The van der Waals surface area contributed by atoms with E-state index >= 15 is 0 Å². The fourth-order valence-electron chi connectivity index (χ4n) is 1.84. The Balaban J connectivity index is 2.78. The summed E-state index contributed by atoms with van der Waals surface area (Å²) >= 11 is 0. The zero-order valence-corrected chi connectivity index (χ0v) is 13.5. The van der Waals surface area contributed by atoms with Crippen LogP contribution < -0.4 is 10.6 Å². The zero-order chi connectivity index (χ0) is 15.7. The lowest BCUT2D eigenvalue weighted by Crippen LogP contribution is -2.25. The maximum Gasteiger partial charge on any atom is 0.251 e. The topological polar surface area (TPSA) is 63.2 Å². The first-order chi connectivity index (χ1) is 10.1. The molecule has 0 bridgehead atoms. The largest absolute Gasteiger partial charge is 0.385 e. The smallest absolute Gasteiger partial charge is 0.251 e. The first-order valence-electron chi connectivity index (χ1n) is 7.61. The Labute approximate surface area is 127 Å². The Morgan fingerprint density at radius 2 is 2.10 bits per heavy atom. The molecule has 0 atom stereocenters.